The number of amides is 1. The summed E-state index contributed by atoms with van der Waals surface area (Å²) in [5.41, 5.74) is 7.75. The van der Waals surface area contributed by atoms with Crippen LogP contribution in [0.15, 0.2) is 23.1 Å². The Bertz CT molecular complexity index is 514. The van der Waals surface area contributed by atoms with Crippen LogP contribution in [0.3, 0.4) is 0 Å². The van der Waals surface area contributed by atoms with Gasteiger partial charge < -0.3 is 16.0 Å². The van der Waals surface area contributed by atoms with E-state index in [1.165, 1.54) is 24.2 Å². The summed E-state index contributed by atoms with van der Waals surface area (Å²) in [6, 6.07) is 6.35. The number of carbonyl (C=O) groups excluding carboxylic acids is 1. The predicted molar refractivity (Wildman–Crippen MR) is 88.8 cm³/mol. The van der Waals surface area contributed by atoms with Crippen molar-refractivity contribution in [2.45, 2.75) is 43.0 Å². The number of nitrogens with two attached hydrogens (primary N) is 1. The van der Waals surface area contributed by atoms with E-state index in [1.54, 1.807) is 0 Å². The molecule has 0 spiro atoms. The van der Waals surface area contributed by atoms with Crippen LogP contribution in [0, 0.1) is 0 Å². The smallest absolute Gasteiger partial charge is 0.239 e. The summed E-state index contributed by atoms with van der Waals surface area (Å²) < 4.78 is 0. The van der Waals surface area contributed by atoms with Crippen LogP contribution in [0.4, 0.5) is 11.4 Å². The molecule has 4 nitrogen and oxygen atoms in total. The van der Waals surface area contributed by atoms with Crippen molar-refractivity contribution >= 4 is 29.0 Å². The molecule has 5 heteroatoms. The maximum absolute atomic E-state index is 12.3. The van der Waals surface area contributed by atoms with Gasteiger partial charge in [0.2, 0.25) is 5.91 Å². The zero-order valence-corrected chi connectivity index (χ0v) is 13.1. The summed E-state index contributed by atoms with van der Waals surface area (Å²) in [5.74, 6) is 1.16. The molecule has 0 bridgehead atoms. The highest BCUT2D eigenvalue weighted by molar-refractivity contribution is 7.99. The van der Waals surface area contributed by atoms with Crippen LogP contribution in [-0.2, 0) is 4.79 Å². The molecule has 2 aliphatic rings. The van der Waals surface area contributed by atoms with E-state index in [0.29, 0.717) is 12.6 Å². The third-order valence-electron chi connectivity index (χ3n) is 4.25. The van der Waals surface area contributed by atoms with Crippen LogP contribution < -0.4 is 16.0 Å². The van der Waals surface area contributed by atoms with Gasteiger partial charge >= 0.3 is 0 Å². The van der Waals surface area contributed by atoms with Gasteiger partial charge in [-0.3, -0.25) is 4.79 Å². The van der Waals surface area contributed by atoms with Gasteiger partial charge in [-0.15, -0.1) is 11.8 Å². The van der Waals surface area contributed by atoms with Crippen molar-refractivity contribution in [3.8, 4) is 0 Å². The largest absolute Gasteiger partial charge is 0.399 e. The SMILES string of the molecule is Nc1ccc2c(c1)N(CC(=O)NC1CCCCC1)CCS2. The zero-order valence-electron chi connectivity index (χ0n) is 12.3. The Balaban J connectivity index is 1.63. The average Bonchev–Trinajstić information content (AvgIpc) is 2.49. The molecule has 0 aromatic heterocycles. The Labute approximate surface area is 130 Å². The third-order valence-corrected chi connectivity index (χ3v) is 5.29. The molecule has 21 heavy (non-hydrogen) atoms. The van der Waals surface area contributed by atoms with Crippen molar-refractivity contribution in [3.05, 3.63) is 18.2 Å². The number of fused-ring (bicyclic) bond motifs is 1. The molecule has 1 aromatic carbocycles. The summed E-state index contributed by atoms with van der Waals surface area (Å²) >= 11 is 1.83. The van der Waals surface area contributed by atoms with Crippen LogP contribution in [0.25, 0.3) is 0 Å². The lowest BCUT2D eigenvalue weighted by molar-refractivity contribution is -0.120. The van der Waals surface area contributed by atoms with E-state index in [-0.39, 0.29) is 5.91 Å². The first-order chi connectivity index (χ1) is 10.2. The van der Waals surface area contributed by atoms with Gasteiger partial charge in [-0.1, -0.05) is 19.3 Å². The first kappa shape index (κ1) is 14.6. The normalized spacial score (nSPS) is 19.1. The Hall–Kier alpha value is -1.36. The zero-order chi connectivity index (χ0) is 14.7. The Kier molecular flexibility index (Phi) is 4.58. The summed E-state index contributed by atoms with van der Waals surface area (Å²) in [6.07, 6.45) is 6.05. The van der Waals surface area contributed by atoms with Crippen molar-refractivity contribution in [2.24, 2.45) is 0 Å². The summed E-state index contributed by atoms with van der Waals surface area (Å²) in [6.45, 7) is 1.34. The molecule has 1 aliphatic heterocycles. The van der Waals surface area contributed by atoms with Crippen LogP contribution in [0.1, 0.15) is 32.1 Å². The minimum atomic E-state index is 0.141. The minimum Gasteiger partial charge on any atom is -0.399 e. The number of nitrogens with one attached hydrogen (secondary N) is 1. The molecule has 0 saturated heterocycles. The first-order valence-electron chi connectivity index (χ1n) is 7.79. The van der Waals surface area contributed by atoms with Crippen molar-refractivity contribution in [1.29, 1.82) is 0 Å². The minimum absolute atomic E-state index is 0.141. The van der Waals surface area contributed by atoms with Gasteiger partial charge in [0.1, 0.15) is 0 Å². The fraction of sp³-hybridized carbons (Fsp3) is 0.562. The molecular formula is C16H23N3OS. The second-order valence-corrected chi connectivity index (χ2v) is 7.04. The Morgan fingerprint density at radius 3 is 2.95 bits per heavy atom. The maximum Gasteiger partial charge on any atom is 0.239 e. The van der Waals surface area contributed by atoms with Crippen molar-refractivity contribution in [1.82, 2.24) is 5.32 Å². The van der Waals surface area contributed by atoms with E-state index >= 15 is 0 Å². The molecule has 0 radical (unpaired) electrons. The molecule has 1 amide bonds. The summed E-state index contributed by atoms with van der Waals surface area (Å²) in [7, 11) is 0. The van der Waals surface area contributed by atoms with Crippen molar-refractivity contribution in [2.75, 3.05) is 29.5 Å². The third kappa shape index (κ3) is 3.64. The maximum atomic E-state index is 12.3. The van der Waals surface area contributed by atoms with E-state index in [0.717, 1.165) is 36.5 Å². The number of hydrogen-bond donors (Lipinski definition) is 2. The standard InChI is InChI=1S/C16H23N3OS/c17-12-6-7-15-14(10-12)19(8-9-21-15)11-16(20)18-13-4-2-1-3-5-13/h6-7,10,13H,1-5,8-9,11,17H2,(H,18,20). The van der Waals surface area contributed by atoms with Crippen LogP contribution >= 0.6 is 11.8 Å². The van der Waals surface area contributed by atoms with Gasteiger partial charge in [-0.05, 0) is 31.0 Å². The van der Waals surface area contributed by atoms with E-state index in [9.17, 15) is 4.79 Å². The van der Waals surface area contributed by atoms with Crippen LogP contribution in [0.2, 0.25) is 0 Å². The number of nitrogens with zero attached hydrogens (tertiary/aromatic N) is 1. The molecule has 1 aliphatic carbocycles. The number of benzene rings is 1. The fourth-order valence-corrected chi connectivity index (χ4v) is 4.18. The number of anilines is 2. The van der Waals surface area contributed by atoms with Gasteiger partial charge in [0, 0.05) is 28.9 Å². The van der Waals surface area contributed by atoms with Crippen LogP contribution in [-0.4, -0.2) is 30.8 Å². The highest BCUT2D eigenvalue weighted by atomic mass is 32.2. The molecule has 0 unspecified atom stereocenters. The summed E-state index contributed by atoms with van der Waals surface area (Å²) in [5, 5.41) is 3.19. The molecule has 1 aromatic rings. The second-order valence-electron chi connectivity index (χ2n) is 5.90. The molecule has 114 valence electrons. The topological polar surface area (TPSA) is 58.4 Å². The Morgan fingerprint density at radius 1 is 1.33 bits per heavy atom. The highest BCUT2D eigenvalue weighted by Gasteiger charge is 2.21. The van der Waals surface area contributed by atoms with Crippen molar-refractivity contribution in [3.63, 3.8) is 0 Å². The molecular weight excluding hydrogens is 282 g/mol. The molecule has 1 saturated carbocycles. The quantitative estimate of drug-likeness (QED) is 0.843. The number of rotatable bonds is 3. The number of hydrogen-bond acceptors (Lipinski definition) is 4. The molecule has 3 rings (SSSR count). The second kappa shape index (κ2) is 6.60. The lowest BCUT2D eigenvalue weighted by Gasteiger charge is -2.31. The monoisotopic (exact) mass is 305 g/mol. The van der Waals surface area contributed by atoms with E-state index < -0.39 is 0 Å². The molecule has 1 fully saturated rings. The predicted octanol–water partition coefficient (Wildman–Crippen LogP) is 2.63. The van der Waals surface area contributed by atoms with E-state index in [2.05, 4.69) is 16.3 Å². The average molecular weight is 305 g/mol. The van der Waals surface area contributed by atoms with Gasteiger partial charge in [-0.25, -0.2) is 0 Å². The summed E-state index contributed by atoms with van der Waals surface area (Å²) in [4.78, 5) is 15.7. The fourth-order valence-electron chi connectivity index (χ4n) is 3.15. The van der Waals surface area contributed by atoms with Gasteiger partial charge in [0.15, 0.2) is 0 Å². The number of thioether (sulfide) groups is 1. The highest BCUT2D eigenvalue weighted by Crippen LogP contribution is 2.35. The first-order valence-corrected chi connectivity index (χ1v) is 8.77. The Morgan fingerprint density at radius 2 is 2.14 bits per heavy atom. The van der Waals surface area contributed by atoms with Crippen LogP contribution in [0.5, 0.6) is 0 Å². The molecule has 1 heterocycles. The van der Waals surface area contributed by atoms with Gasteiger partial charge in [0.05, 0.1) is 12.2 Å². The number of carbonyl (C=O) groups is 1. The lowest BCUT2D eigenvalue weighted by Crippen LogP contribution is -2.44. The van der Waals surface area contributed by atoms with Crippen molar-refractivity contribution < 1.29 is 4.79 Å². The lowest BCUT2D eigenvalue weighted by atomic mass is 9.95. The van der Waals surface area contributed by atoms with E-state index in [4.69, 9.17) is 5.73 Å². The molecule has 0 atom stereocenters. The number of nitrogen functional groups attached to an aromatic ring is 1. The van der Waals surface area contributed by atoms with Gasteiger partial charge in [0.25, 0.3) is 0 Å². The van der Waals surface area contributed by atoms with E-state index in [1.807, 2.05) is 23.9 Å². The van der Waals surface area contributed by atoms with Gasteiger partial charge in [-0.2, -0.15) is 0 Å². The molecule has 3 N–H and O–H groups in total.